The summed E-state index contributed by atoms with van der Waals surface area (Å²) in [4.78, 5) is 16.3. The molecule has 7 heteroatoms. The van der Waals surface area contributed by atoms with Crippen LogP contribution in [0.5, 0.6) is 0 Å². The molecule has 0 saturated heterocycles. The third kappa shape index (κ3) is 9.58. The Labute approximate surface area is 196 Å². The fourth-order valence-corrected chi connectivity index (χ4v) is 2.83. The number of hydrogen-bond acceptors (Lipinski definition) is 3. The van der Waals surface area contributed by atoms with E-state index in [2.05, 4.69) is 40.0 Å². The molecule has 0 saturated carbocycles. The summed E-state index contributed by atoms with van der Waals surface area (Å²) in [5, 5.41) is 9.36. The molecule has 30 heavy (non-hydrogen) atoms. The van der Waals surface area contributed by atoms with E-state index in [0.717, 1.165) is 18.5 Å². The lowest BCUT2D eigenvalue weighted by atomic mass is 10.1. The van der Waals surface area contributed by atoms with Gasteiger partial charge in [0.05, 0.1) is 6.10 Å². The van der Waals surface area contributed by atoms with E-state index in [4.69, 9.17) is 4.74 Å². The van der Waals surface area contributed by atoms with Gasteiger partial charge >= 0.3 is 0 Å². The summed E-state index contributed by atoms with van der Waals surface area (Å²) in [7, 11) is 1.73. The molecule has 3 N–H and O–H groups in total. The molecule has 0 fully saturated rings. The van der Waals surface area contributed by atoms with Gasteiger partial charge in [0.1, 0.15) is 0 Å². The normalized spacial score (nSPS) is 11.9. The number of amides is 1. The minimum Gasteiger partial charge on any atom is -0.374 e. The minimum absolute atomic E-state index is 0. The predicted octanol–water partition coefficient (Wildman–Crippen LogP) is 3.68. The number of nitrogens with one attached hydrogen (secondary N) is 3. The molecule has 1 atom stereocenters. The molecule has 164 valence electrons. The highest BCUT2D eigenvalue weighted by molar-refractivity contribution is 14.0. The Morgan fingerprint density at radius 2 is 1.70 bits per heavy atom. The van der Waals surface area contributed by atoms with Crippen molar-refractivity contribution in [2.24, 2.45) is 4.99 Å². The fourth-order valence-electron chi connectivity index (χ4n) is 2.83. The second kappa shape index (κ2) is 14.8. The number of benzene rings is 2. The monoisotopic (exact) mass is 524 g/mol. The molecular formula is C23H33IN4O2. The quantitative estimate of drug-likeness (QED) is 0.192. The van der Waals surface area contributed by atoms with E-state index in [9.17, 15) is 4.79 Å². The number of guanidine groups is 1. The third-order valence-electron chi connectivity index (χ3n) is 4.46. The van der Waals surface area contributed by atoms with Crippen LogP contribution in [0.25, 0.3) is 0 Å². The van der Waals surface area contributed by atoms with Gasteiger partial charge in [-0.05, 0) is 38.0 Å². The molecule has 0 radical (unpaired) electrons. The Morgan fingerprint density at radius 3 is 2.40 bits per heavy atom. The first-order valence-corrected chi connectivity index (χ1v) is 10.1. The molecule has 2 aromatic rings. The van der Waals surface area contributed by atoms with Crippen molar-refractivity contribution in [2.45, 2.75) is 26.4 Å². The van der Waals surface area contributed by atoms with Crippen molar-refractivity contribution in [2.75, 3.05) is 33.3 Å². The van der Waals surface area contributed by atoms with Crippen LogP contribution in [-0.4, -0.2) is 45.2 Å². The van der Waals surface area contributed by atoms with Gasteiger partial charge in [-0.2, -0.15) is 0 Å². The van der Waals surface area contributed by atoms with Crippen molar-refractivity contribution in [1.82, 2.24) is 16.0 Å². The molecule has 0 spiro atoms. The van der Waals surface area contributed by atoms with Crippen LogP contribution in [0.2, 0.25) is 0 Å². The highest BCUT2D eigenvalue weighted by atomic mass is 127. The number of aryl methyl sites for hydroxylation is 1. The molecule has 0 heterocycles. The number of hydrogen-bond donors (Lipinski definition) is 3. The smallest absolute Gasteiger partial charge is 0.251 e. The molecule has 1 unspecified atom stereocenters. The Hall–Kier alpha value is -2.13. The number of nitrogens with zero attached hydrogens (tertiary/aromatic N) is 1. The lowest BCUT2D eigenvalue weighted by Gasteiger charge is -2.15. The number of carbonyl (C=O) groups is 1. The summed E-state index contributed by atoms with van der Waals surface area (Å²) in [6.45, 7) is 6.59. The van der Waals surface area contributed by atoms with E-state index in [1.165, 1.54) is 5.56 Å². The number of carbonyl (C=O) groups excluding carboxylic acids is 1. The van der Waals surface area contributed by atoms with Gasteiger partial charge < -0.3 is 20.7 Å². The molecule has 6 nitrogen and oxygen atoms in total. The van der Waals surface area contributed by atoms with E-state index in [0.29, 0.717) is 31.2 Å². The summed E-state index contributed by atoms with van der Waals surface area (Å²) in [6, 6.07) is 17.8. The van der Waals surface area contributed by atoms with Crippen LogP contribution in [0, 0.1) is 6.92 Å². The Kier molecular flexibility index (Phi) is 12.8. The number of rotatable bonds is 10. The lowest BCUT2D eigenvalue weighted by Crippen LogP contribution is -2.42. The van der Waals surface area contributed by atoms with Crippen molar-refractivity contribution in [3.63, 3.8) is 0 Å². The van der Waals surface area contributed by atoms with E-state index in [1.807, 2.05) is 49.4 Å². The summed E-state index contributed by atoms with van der Waals surface area (Å²) < 4.78 is 5.87. The average Bonchev–Trinajstić information content (AvgIpc) is 2.75. The summed E-state index contributed by atoms with van der Waals surface area (Å²) in [6.07, 6.45) is 0.966. The van der Waals surface area contributed by atoms with Gasteiger partial charge in [0, 0.05) is 38.9 Å². The number of halogens is 1. The van der Waals surface area contributed by atoms with Gasteiger partial charge in [0.2, 0.25) is 0 Å². The van der Waals surface area contributed by atoms with Crippen molar-refractivity contribution in [3.05, 3.63) is 71.3 Å². The molecule has 2 aromatic carbocycles. The molecule has 0 aromatic heterocycles. The second-order valence-corrected chi connectivity index (χ2v) is 6.83. The van der Waals surface area contributed by atoms with Crippen LogP contribution in [-0.2, 0) is 4.74 Å². The maximum absolute atomic E-state index is 12.1. The van der Waals surface area contributed by atoms with E-state index in [1.54, 1.807) is 7.05 Å². The van der Waals surface area contributed by atoms with Gasteiger partial charge in [-0.15, -0.1) is 24.0 Å². The first-order valence-electron chi connectivity index (χ1n) is 10.1. The summed E-state index contributed by atoms with van der Waals surface area (Å²) in [5.74, 6) is 0.647. The molecule has 0 bridgehead atoms. The van der Waals surface area contributed by atoms with E-state index in [-0.39, 0.29) is 36.0 Å². The van der Waals surface area contributed by atoms with Gasteiger partial charge in [-0.3, -0.25) is 9.79 Å². The van der Waals surface area contributed by atoms with Crippen LogP contribution >= 0.6 is 24.0 Å². The predicted molar refractivity (Wildman–Crippen MR) is 134 cm³/mol. The molecule has 0 aliphatic rings. The Bertz CT molecular complexity index is 784. The summed E-state index contributed by atoms with van der Waals surface area (Å²) in [5.41, 5.74) is 2.94. The maximum Gasteiger partial charge on any atom is 0.251 e. The van der Waals surface area contributed by atoms with Crippen molar-refractivity contribution >= 4 is 35.8 Å². The van der Waals surface area contributed by atoms with Crippen molar-refractivity contribution in [1.29, 1.82) is 0 Å². The van der Waals surface area contributed by atoms with Crippen LogP contribution in [0.3, 0.4) is 0 Å². The Morgan fingerprint density at radius 1 is 1.00 bits per heavy atom. The van der Waals surface area contributed by atoms with Crippen LogP contribution in [0.15, 0.2) is 59.6 Å². The zero-order valence-corrected chi connectivity index (χ0v) is 20.3. The first kappa shape index (κ1) is 25.9. The topological polar surface area (TPSA) is 74.8 Å². The molecule has 2 rings (SSSR count). The molecular weight excluding hydrogens is 491 g/mol. The SMILES string of the molecule is CN=C(NCCCOC(C)c1ccccc1)NCCNC(=O)c1cccc(C)c1.I. The average molecular weight is 524 g/mol. The first-order chi connectivity index (χ1) is 14.1. The van der Waals surface area contributed by atoms with Gasteiger partial charge in [-0.1, -0.05) is 48.0 Å². The van der Waals surface area contributed by atoms with Crippen molar-refractivity contribution < 1.29 is 9.53 Å². The van der Waals surface area contributed by atoms with Crippen LogP contribution in [0.4, 0.5) is 0 Å². The van der Waals surface area contributed by atoms with Gasteiger partial charge in [0.25, 0.3) is 5.91 Å². The fraction of sp³-hybridized carbons (Fsp3) is 0.391. The molecule has 0 aliphatic heterocycles. The molecule has 1 amide bonds. The maximum atomic E-state index is 12.1. The second-order valence-electron chi connectivity index (χ2n) is 6.83. The minimum atomic E-state index is -0.0665. The standard InChI is InChI=1S/C23H32N4O2.HI/c1-18-9-7-12-21(17-18)22(28)25-14-15-27-23(24-3)26-13-8-16-29-19(2)20-10-5-4-6-11-20;/h4-7,9-12,17,19H,8,13-16H2,1-3H3,(H,25,28)(H2,24,26,27);1H. The van der Waals surface area contributed by atoms with Crippen molar-refractivity contribution in [3.8, 4) is 0 Å². The summed E-state index contributed by atoms with van der Waals surface area (Å²) >= 11 is 0. The van der Waals surface area contributed by atoms with Crippen LogP contribution in [0.1, 0.15) is 40.9 Å². The van der Waals surface area contributed by atoms with Crippen LogP contribution < -0.4 is 16.0 Å². The zero-order chi connectivity index (χ0) is 20.9. The molecule has 0 aliphatic carbocycles. The lowest BCUT2D eigenvalue weighted by molar-refractivity contribution is 0.0646. The third-order valence-corrected chi connectivity index (χ3v) is 4.46. The Balaban J connectivity index is 0.00000450. The zero-order valence-electron chi connectivity index (χ0n) is 18.0. The largest absolute Gasteiger partial charge is 0.374 e. The van der Waals surface area contributed by atoms with Gasteiger partial charge in [-0.25, -0.2) is 0 Å². The number of aliphatic imine (C=N–C) groups is 1. The van der Waals surface area contributed by atoms with E-state index < -0.39 is 0 Å². The van der Waals surface area contributed by atoms with E-state index >= 15 is 0 Å². The highest BCUT2D eigenvalue weighted by Gasteiger charge is 2.06. The highest BCUT2D eigenvalue weighted by Crippen LogP contribution is 2.15. The van der Waals surface area contributed by atoms with Gasteiger partial charge in [0.15, 0.2) is 5.96 Å². The number of ether oxygens (including phenoxy) is 1.